The number of anilines is 1. The number of ether oxygens (including phenoxy) is 1. The summed E-state index contributed by atoms with van der Waals surface area (Å²) in [5.74, 6) is -0.455. The first kappa shape index (κ1) is 19.2. The topological polar surface area (TPSA) is 95.2 Å². The molecule has 0 spiro atoms. The number of carbonyl (C=O) groups is 1. The van der Waals surface area contributed by atoms with Crippen molar-refractivity contribution in [2.24, 2.45) is 0 Å². The molecule has 0 atom stereocenters. The molecule has 0 saturated carbocycles. The number of aliphatic carboxylic acids is 1. The zero-order valence-electron chi connectivity index (χ0n) is 14.9. The molecule has 28 heavy (non-hydrogen) atoms. The van der Waals surface area contributed by atoms with Crippen molar-refractivity contribution in [3.8, 4) is 11.8 Å². The van der Waals surface area contributed by atoms with Crippen molar-refractivity contribution >= 4 is 40.2 Å². The molecule has 7 heteroatoms. The summed E-state index contributed by atoms with van der Waals surface area (Å²) in [6.07, 6.45) is 2.46. The Morgan fingerprint density at radius 2 is 2.14 bits per heavy atom. The molecule has 0 unspecified atom stereocenters. The molecular formula is C21H16ClN3O3. The van der Waals surface area contributed by atoms with E-state index >= 15 is 0 Å². The minimum Gasteiger partial charge on any atom is -0.495 e. The zero-order chi connectivity index (χ0) is 20.1. The summed E-state index contributed by atoms with van der Waals surface area (Å²) in [6, 6.07) is 14.5. The number of nitrogens with one attached hydrogen (secondary N) is 1. The van der Waals surface area contributed by atoms with Gasteiger partial charge in [0, 0.05) is 23.7 Å². The average molecular weight is 394 g/mol. The SMILES string of the molecule is COc1ccc(CNc2cc(/C=C/C(=O)O)nc3ccc(C#N)cc23)cc1Cl. The number of hydrogen-bond donors (Lipinski definition) is 2. The fourth-order valence-corrected chi connectivity index (χ4v) is 3.00. The van der Waals surface area contributed by atoms with Gasteiger partial charge in [-0.05, 0) is 48.0 Å². The quantitative estimate of drug-likeness (QED) is 0.599. The molecule has 3 rings (SSSR count). The second-order valence-corrected chi connectivity index (χ2v) is 6.34. The van der Waals surface area contributed by atoms with Gasteiger partial charge in [0.2, 0.25) is 0 Å². The Kier molecular flexibility index (Phi) is 5.78. The van der Waals surface area contributed by atoms with Gasteiger partial charge in [0.05, 0.1) is 35.0 Å². The lowest BCUT2D eigenvalue weighted by Crippen LogP contribution is -2.02. The maximum absolute atomic E-state index is 10.8. The van der Waals surface area contributed by atoms with Gasteiger partial charge in [-0.15, -0.1) is 0 Å². The molecule has 0 aliphatic rings. The Morgan fingerprint density at radius 3 is 2.82 bits per heavy atom. The highest BCUT2D eigenvalue weighted by Gasteiger charge is 2.08. The van der Waals surface area contributed by atoms with Crippen LogP contribution >= 0.6 is 11.6 Å². The second kappa shape index (κ2) is 8.42. The van der Waals surface area contributed by atoms with Crippen LogP contribution in [0.15, 0.2) is 48.5 Å². The van der Waals surface area contributed by atoms with Crippen molar-refractivity contribution < 1.29 is 14.6 Å². The van der Waals surface area contributed by atoms with E-state index in [1.165, 1.54) is 6.08 Å². The molecule has 1 aromatic heterocycles. The number of hydrogen-bond acceptors (Lipinski definition) is 5. The third-order valence-electron chi connectivity index (χ3n) is 4.05. The van der Waals surface area contributed by atoms with Crippen molar-refractivity contribution in [1.29, 1.82) is 5.26 Å². The lowest BCUT2D eigenvalue weighted by atomic mass is 10.1. The van der Waals surface area contributed by atoms with E-state index in [4.69, 9.17) is 21.4 Å². The van der Waals surface area contributed by atoms with E-state index in [1.54, 1.807) is 37.4 Å². The van der Waals surface area contributed by atoms with Crippen LogP contribution in [0.25, 0.3) is 17.0 Å². The number of methoxy groups -OCH3 is 1. The van der Waals surface area contributed by atoms with Crippen LogP contribution in [-0.2, 0) is 11.3 Å². The first-order valence-corrected chi connectivity index (χ1v) is 8.70. The van der Waals surface area contributed by atoms with E-state index in [-0.39, 0.29) is 0 Å². The molecule has 2 N–H and O–H groups in total. The normalized spacial score (nSPS) is 10.8. The van der Waals surface area contributed by atoms with Crippen molar-refractivity contribution in [3.05, 3.63) is 70.4 Å². The summed E-state index contributed by atoms with van der Waals surface area (Å²) in [5, 5.41) is 22.6. The van der Waals surface area contributed by atoms with Crippen LogP contribution in [0.3, 0.4) is 0 Å². The van der Waals surface area contributed by atoms with E-state index in [2.05, 4.69) is 16.4 Å². The molecule has 3 aromatic rings. The minimum atomic E-state index is -1.05. The molecule has 0 bridgehead atoms. The van der Waals surface area contributed by atoms with Crippen molar-refractivity contribution in [2.45, 2.75) is 6.54 Å². The number of pyridine rings is 1. The molecule has 0 amide bonds. The number of carboxylic acid groups (broad SMARTS) is 1. The fraction of sp³-hybridized carbons (Fsp3) is 0.0952. The van der Waals surface area contributed by atoms with Gasteiger partial charge >= 0.3 is 5.97 Å². The summed E-state index contributed by atoms with van der Waals surface area (Å²) in [5.41, 5.74) is 3.34. The third-order valence-corrected chi connectivity index (χ3v) is 4.35. The fourth-order valence-electron chi connectivity index (χ4n) is 2.72. The van der Waals surface area contributed by atoms with Gasteiger partial charge in [0.25, 0.3) is 0 Å². The highest BCUT2D eigenvalue weighted by molar-refractivity contribution is 6.32. The summed E-state index contributed by atoms with van der Waals surface area (Å²) in [7, 11) is 1.56. The summed E-state index contributed by atoms with van der Waals surface area (Å²) in [6.45, 7) is 0.474. The van der Waals surface area contributed by atoms with Crippen LogP contribution in [-0.4, -0.2) is 23.2 Å². The summed E-state index contributed by atoms with van der Waals surface area (Å²) in [4.78, 5) is 15.2. The van der Waals surface area contributed by atoms with Gasteiger partial charge in [-0.2, -0.15) is 5.26 Å². The standard InChI is InChI=1S/C21H16ClN3O3/c1-28-20-6-3-14(9-17(20)22)12-24-19-10-15(4-7-21(26)27)25-18-5-2-13(11-23)8-16(18)19/h2-10H,12H2,1H3,(H,24,25)(H,26,27)/b7-4+. The third kappa shape index (κ3) is 4.40. The van der Waals surface area contributed by atoms with Gasteiger partial charge in [-0.25, -0.2) is 9.78 Å². The smallest absolute Gasteiger partial charge is 0.328 e. The Balaban J connectivity index is 1.98. The van der Waals surface area contributed by atoms with Crippen molar-refractivity contribution in [3.63, 3.8) is 0 Å². The van der Waals surface area contributed by atoms with Gasteiger partial charge in [0.1, 0.15) is 5.75 Å². The highest BCUT2D eigenvalue weighted by Crippen LogP contribution is 2.28. The second-order valence-electron chi connectivity index (χ2n) is 5.93. The van der Waals surface area contributed by atoms with E-state index in [0.717, 1.165) is 22.7 Å². The number of benzene rings is 2. The molecular weight excluding hydrogens is 378 g/mol. The Labute approximate surface area is 166 Å². The van der Waals surface area contributed by atoms with Crippen molar-refractivity contribution in [1.82, 2.24) is 4.98 Å². The van der Waals surface area contributed by atoms with E-state index in [1.807, 2.05) is 12.1 Å². The molecule has 1 heterocycles. The molecule has 0 aliphatic heterocycles. The van der Waals surface area contributed by atoms with Crippen LogP contribution < -0.4 is 10.1 Å². The molecule has 0 saturated heterocycles. The number of nitriles is 1. The predicted molar refractivity (Wildman–Crippen MR) is 108 cm³/mol. The molecule has 0 radical (unpaired) electrons. The first-order valence-electron chi connectivity index (χ1n) is 8.32. The van der Waals surface area contributed by atoms with Crippen LogP contribution in [0.4, 0.5) is 5.69 Å². The number of aromatic nitrogens is 1. The van der Waals surface area contributed by atoms with E-state index in [9.17, 15) is 10.1 Å². The number of carboxylic acids is 1. The maximum atomic E-state index is 10.8. The minimum absolute atomic E-state index is 0.474. The number of rotatable bonds is 6. The van der Waals surface area contributed by atoms with Gasteiger partial charge in [0.15, 0.2) is 0 Å². The molecule has 140 valence electrons. The highest BCUT2D eigenvalue weighted by atomic mass is 35.5. The van der Waals surface area contributed by atoms with E-state index < -0.39 is 5.97 Å². The number of nitrogens with zero attached hydrogens (tertiary/aromatic N) is 2. The van der Waals surface area contributed by atoms with Gasteiger partial charge in [-0.1, -0.05) is 17.7 Å². The Hall–Kier alpha value is -3.56. The predicted octanol–water partition coefficient (Wildman–Crippen LogP) is 4.48. The largest absolute Gasteiger partial charge is 0.495 e. The van der Waals surface area contributed by atoms with Gasteiger partial charge < -0.3 is 15.2 Å². The first-order chi connectivity index (χ1) is 13.5. The number of fused-ring (bicyclic) bond motifs is 1. The number of halogens is 1. The molecule has 6 nitrogen and oxygen atoms in total. The van der Waals surface area contributed by atoms with Crippen LogP contribution in [0.1, 0.15) is 16.8 Å². The Morgan fingerprint density at radius 1 is 1.32 bits per heavy atom. The van der Waals surface area contributed by atoms with Crippen molar-refractivity contribution in [2.75, 3.05) is 12.4 Å². The van der Waals surface area contributed by atoms with Gasteiger partial charge in [-0.3, -0.25) is 0 Å². The van der Waals surface area contributed by atoms with Crippen LogP contribution in [0.2, 0.25) is 5.02 Å². The van der Waals surface area contributed by atoms with E-state index in [0.29, 0.717) is 34.1 Å². The average Bonchev–Trinajstić information content (AvgIpc) is 2.70. The molecule has 0 aliphatic carbocycles. The monoisotopic (exact) mass is 393 g/mol. The Bertz CT molecular complexity index is 1120. The zero-order valence-corrected chi connectivity index (χ0v) is 15.7. The van der Waals surface area contributed by atoms with Crippen LogP contribution in [0.5, 0.6) is 5.75 Å². The maximum Gasteiger partial charge on any atom is 0.328 e. The molecule has 2 aromatic carbocycles. The summed E-state index contributed by atoms with van der Waals surface area (Å²) >= 11 is 6.18. The van der Waals surface area contributed by atoms with Crippen LogP contribution in [0, 0.1) is 11.3 Å². The summed E-state index contributed by atoms with van der Waals surface area (Å²) < 4.78 is 5.16. The lowest BCUT2D eigenvalue weighted by molar-refractivity contribution is -0.131. The molecule has 0 fully saturated rings. The lowest BCUT2D eigenvalue weighted by Gasteiger charge is -2.12.